The highest BCUT2D eigenvalue weighted by molar-refractivity contribution is 6.09. The van der Waals surface area contributed by atoms with E-state index in [0.29, 0.717) is 29.5 Å². The number of carboxylic acids is 1. The van der Waals surface area contributed by atoms with Gasteiger partial charge in [-0.05, 0) is 31.0 Å². The average molecular weight is 368 g/mol. The van der Waals surface area contributed by atoms with Gasteiger partial charge in [0.05, 0.1) is 5.92 Å². The highest BCUT2D eigenvalue weighted by Crippen LogP contribution is 2.23. The van der Waals surface area contributed by atoms with Crippen molar-refractivity contribution in [3.63, 3.8) is 0 Å². The summed E-state index contributed by atoms with van der Waals surface area (Å²) in [6.07, 6.45) is 8.47. The SMILES string of the molecule is O=C(NC1CCCCCCC1C(=O)O)c1ccc(C(=O)c2cc[nH]c2)cc1. The molecule has 1 aromatic heterocycles. The number of aliphatic carboxylic acids is 1. The second-order valence-electron chi connectivity index (χ2n) is 7.02. The summed E-state index contributed by atoms with van der Waals surface area (Å²) in [5.74, 6) is -1.82. The summed E-state index contributed by atoms with van der Waals surface area (Å²) >= 11 is 0. The molecule has 1 aromatic carbocycles. The topological polar surface area (TPSA) is 99.3 Å². The summed E-state index contributed by atoms with van der Waals surface area (Å²) in [6, 6.07) is 7.79. The number of rotatable bonds is 5. The Bertz CT molecular complexity index is 796. The number of carbonyl (C=O) groups is 3. The van der Waals surface area contributed by atoms with Crippen LogP contribution < -0.4 is 5.32 Å². The zero-order chi connectivity index (χ0) is 19.2. The minimum Gasteiger partial charge on any atom is -0.481 e. The molecule has 1 aliphatic rings. The van der Waals surface area contributed by atoms with Crippen molar-refractivity contribution >= 4 is 17.7 Å². The van der Waals surface area contributed by atoms with Gasteiger partial charge in [0.1, 0.15) is 0 Å². The van der Waals surface area contributed by atoms with Gasteiger partial charge in [0.2, 0.25) is 0 Å². The quantitative estimate of drug-likeness (QED) is 0.704. The first-order chi connectivity index (χ1) is 13.1. The van der Waals surface area contributed by atoms with Gasteiger partial charge in [0, 0.05) is 35.1 Å². The molecule has 142 valence electrons. The summed E-state index contributed by atoms with van der Waals surface area (Å²) in [5.41, 5.74) is 1.48. The van der Waals surface area contributed by atoms with Gasteiger partial charge in [-0.1, -0.05) is 37.8 Å². The van der Waals surface area contributed by atoms with E-state index in [9.17, 15) is 19.5 Å². The van der Waals surface area contributed by atoms with E-state index in [0.717, 1.165) is 25.7 Å². The highest BCUT2D eigenvalue weighted by Gasteiger charge is 2.30. The smallest absolute Gasteiger partial charge is 0.308 e. The fourth-order valence-corrected chi connectivity index (χ4v) is 3.61. The van der Waals surface area contributed by atoms with Gasteiger partial charge in [-0.25, -0.2) is 0 Å². The van der Waals surface area contributed by atoms with Crippen LogP contribution in [-0.2, 0) is 4.79 Å². The number of ketones is 1. The standard InChI is InChI=1S/C21H24N2O4/c24-19(16-11-12-22-13-16)14-7-9-15(10-8-14)20(25)23-18-6-4-2-1-3-5-17(18)21(26)27/h7-13,17-18,22H,1-6H2,(H,23,25)(H,26,27). The predicted octanol–water partition coefficient (Wildman–Crippen LogP) is 3.40. The number of aromatic nitrogens is 1. The Hall–Kier alpha value is -2.89. The van der Waals surface area contributed by atoms with Crippen molar-refractivity contribution in [2.45, 2.75) is 44.6 Å². The maximum atomic E-state index is 12.6. The summed E-state index contributed by atoms with van der Waals surface area (Å²) in [6.45, 7) is 0. The predicted molar refractivity (Wildman–Crippen MR) is 101 cm³/mol. The van der Waals surface area contributed by atoms with Crippen molar-refractivity contribution in [1.29, 1.82) is 0 Å². The molecule has 1 amide bonds. The third-order valence-corrected chi connectivity index (χ3v) is 5.17. The Morgan fingerprint density at radius 2 is 1.56 bits per heavy atom. The van der Waals surface area contributed by atoms with Crippen molar-refractivity contribution < 1.29 is 19.5 Å². The molecule has 2 aromatic rings. The minimum atomic E-state index is -0.852. The molecule has 6 nitrogen and oxygen atoms in total. The normalized spacial score (nSPS) is 20.3. The number of hydrogen-bond donors (Lipinski definition) is 3. The zero-order valence-corrected chi connectivity index (χ0v) is 15.1. The highest BCUT2D eigenvalue weighted by atomic mass is 16.4. The fourth-order valence-electron chi connectivity index (χ4n) is 3.61. The molecule has 3 N–H and O–H groups in total. The van der Waals surface area contributed by atoms with Crippen LogP contribution in [0.4, 0.5) is 0 Å². The molecule has 0 bridgehead atoms. The van der Waals surface area contributed by atoms with E-state index in [-0.39, 0.29) is 17.7 Å². The first-order valence-corrected chi connectivity index (χ1v) is 9.37. The molecule has 2 unspecified atom stereocenters. The monoisotopic (exact) mass is 368 g/mol. The lowest BCUT2D eigenvalue weighted by Gasteiger charge is -2.27. The van der Waals surface area contributed by atoms with Crippen molar-refractivity contribution in [1.82, 2.24) is 10.3 Å². The van der Waals surface area contributed by atoms with Crippen LogP contribution in [0, 0.1) is 5.92 Å². The van der Waals surface area contributed by atoms with Gasteiger partial charge in [-0.15, -0.1) is 0 Å². The molecule has 1 fully saturated rings. The molecule has 2 atom stereocenters. The van der Waals surface area contributed by atoms with Crippen LogP contribution in [-0.4, -0.2) is 33.8 Å². The Kier molecular flexibility index (Phi) is 6.06. The van der Waals surface area contributed by atoms with Gasteiger partial charge in [-0.3, -0.25) is 14.4 Å². The van der Waals surface area contributed by atoms with E-state index in [1.54, 1.807) is 42.7 Å². The number of nitrogens with one attached hydrogen (secondary N) is 2. The molecule has 3 rings (SSSR count). The Labute approximate surface area is 158 Å². The number of benzene rings is 1. The molecule has 0 radical (unpaired) electrons. The maximum Gasteiger partial charge on any atom is 0.308 e. The lowest BCUT2D eigenvalue weighted by molar-refractivity contribution is -0.143. The molecular formula is C21H24N2O4. The lowest BCUT2D eigenvalue weighted by Crippen LogP contribution is -2.43. The minimum absolute atomic E-state index is 0.117. The van der Waals surface area contributed by atoms with Crippen LogP contribution in [0.15, 0.2) is 42.7 Å². The fraction of sp³-hybridized carbons (Fsp3) is 0.381. The molecule has 27 heavy (non-hydrogen) atoms. The molecule has 1 aliphatic carbocycles. The van der Waals surface area contributed by atoms with E-state index < -0.39 is 11.9 Å². The number of carboxylic acid groups (broad SMARTS) is 1. The number of H-pyrrole nitrogens is 1. The van der Waals surface area contributed by atoms with Crippen LogP contribution >= 0.6 is 0 Å². The zero-order valence-electron chi connectivity index (χ0n) is 15.1. The molecule has 0 aliphatic heterocycles. The number of aromatic amines is 1. The molecule has 0 spiro atoms. The van der Waals surface area contributed by atoms with Gasteiger partial charge >= 0.3 is 5.97 Å². The average Bonchev–Trinajstić information content (AvgIpc) is 3.18. The van der Waals surface area contributed by atoms with Gasteiger partial charge < -0.3 is 15.4 Å². The molecule has 1 saturated carbocycles. The van der Waals surface area contributed by atoms with Crippen molar-refractivity contribution in [3.05, 3.63) is 59.4 Å². The number of carbonyl (C=O) groups excluding carboxylic acids is 2. The van der Waals surface area contributed by atoms with Gasteiger partial charge in [-0.2, -0.15) is 0 Å². The van der Waals surface area contributed by atoms with E-state index in [1.165, 1.54) is 0 Å². The molecule has 6 heteroatoms. The van der Waals surface area contributed by atoms with E-state index in [1.807, 2.05) is 0 Å². The van der Waals surface area contributed by atoms with Gasteiger partial charge in [0.25, 0.3) is 5.91 Å². The van der Waals surface area contributed by atoms with Crippen LogP contribution in [0.3, 0.4) is 0 Å². The summed E-state index contributed by atoms with van der Waals surface area (Å²) in [7, 11) is 0. The van der Waals surface area contributed by atoms with Crippen LogP contribution in [0.2, 0.25) is 0 Å². The maximum absolute atomic E-state index is 12.6. The first kappa shape index (κ1) is 18.9. The Morgan fingerprint density at radius 1 is 0.889 bits per heavy atom. The number of hydrogen-bond acceptors (Lipinski definition) is 3. The third kappa shape index (κ3) is 4.64. The van der Waals surface area contributed by atoms with Crippen LogP contribution in [0.25, 0.3) is 0 Å². The van der Waals surface area contributed by atoms with Crippen molar-refractivity contribution in [2.24, 2.45) is 5.92 Å². The second-order valence-corrected chi connectivity index (χ2v) is 7.02. The van der Waals surface area contributed by atoms with E-state index >= 15 is 0 Å². The summed E-state index contributed by atoms with van der Waals surface area (Å²) in [4.78, 5) is 39.3. The Balaban J connectivity index is 1.69. The molecular weight excluding hydrogens is 344 g/mol. The summed E-state index contributed by atoms with van der Waals surface area (Å²) in [5, 5.41) is 12.4. The van der Waals surface area contributed by atoms with Crippen molar-refractivity contribution in [3.8, 4) is 0 Å². The van der Waals surface area contributed by atoms with Gasteiger partial charge in [0.15, 0.2) is 5.78 Å². The lowest BCUT2D eigenvalue weighted by atomic mass is 9.86. The molecule has 0 saturated heterocycles. The second kappa shape index (κ2) is 8.66. The Morgan fingerprint density at radius 3 is 2.19 bits per heavy atom. The van der Waals surface area contributed by atoms with E-state index in [4.69, 9.17) is 0 Å². The first-order valence-electron chi connectivity index (χ1n) is 9.37. The third-order valence-electron chi connectivity index (χ3n) is 5.17. The summed E-state index contributed by atoms with van der Waals surface area (Å²) < 4.78 is 0. The largest absolute Gasteiger partial charge is 0.481 e. The van der Waals surface area contributed by atoms with Crippen LogP contribution in [0.5, 0.6) is 0 Å². The number of amides is 1. The molecule has 1 heterocycles. The van der Waals surface area contributed by atoms with Crippen LogP contribution in [0.1, 0.15) is 64.8 Å². The van der Waals surface area contributed by atoms with E-state index in [2.05, 4.69) is 10.3 Å². The van der Waals surface area contributed by atoms with Crippen molar-refractivity contribution in [2.75, 3.05) is 0 Å².